The minimum Gasteiger partial charge on any atom is -0.496 e. The van der Waals surface area contributed by atoms with Gasteiger partial charge in [-0.2, -0.15) is 0 Å². The molecule has 1 amide bonds. The summed E-state index contributed by atoms with van der Waals surface area (Å²) in [5, 5.41) is 2.83. The highest BCUT2D eigenvalue weighted by atomic mass is 32.2. The molecule has 2 rings (SSSR count). The first kappa shape index (κ1) is 19.8. The number of sulfonamides is 1. The molecule has 1 atom stereocenters. The number of anilines is 1. The molecular weight excluding hydrogens is 352 g/mol. The van der Waals surface area contributed by atoms with Crippen LogP contribution in [0.15, 0.2) is 48.5 Å². The van der Waals surface area contributed by atoms with Gasteiger partial charge in [0.1, 0.15) is 12.3 Å². The number of para-hydroxylation sites is 1. The lowest BCUT2D eigenvalue weighted by Gasteiger charge is -2.24. The smallest absolute Gasteiger partial charge is 0.241 e. The van der Waals surface area contributed by atoms with Crippen LogP contribution in [-0.4, -0.2) is 34.2 Å². The molecule has 0 unspecified atom stereocenters. The second-order valence-corrected chi connectivity index (χ2v) is 8.05. The average molecular weight is 376 g/mol. The van der Waals surface area contributed by atoms with Gasteiger partial charge in [0, 0.05) is 5.56 Å². The van der Waals surface area contributed by atoms with Crippen LogP contribution in [0.5, 0.6) is 5.75 Å². The van der Waals surface area contributed by atoms with Crippen molar-refractivity contribution in [3.63, 3.8) is 0 Å². The van der Waals surface area contributed by atoms with E-state index in [9.17, 15) is 13.2 Å². The number of carbonyl (C=O) groups excluding carboxylic acids is 1. The van der Waals surface area contributed by atoms with Gasteiger partial charge in [-0.3, -0.25) is 9.10 Å². The van der Waals surface area contributed by atoms with Crippen molar-refractivity contribution in [3.05, 3.63) is 59.7 Å². The number of benzene rings is 2. The third kappa shape index (κ3) is 4.98. The maximum absolute atomic E-state index is 12.5. The van der Waals surface area contributed by atoms with Crippen LogP contribution in [0.25, 0.3) is 0 Å². The molecule has 2 aromatic carbocycles. The van der Waals surface area contributed by atoms with E-state index < -0.39 is 15.9 Å². The molecule has 0 saturated heterocycles. The molecule has 0 fully saturated rings. The van der Waals surface area contributed by atoms with Crippen LogP contribution in [0.3, 0.4) is 0 Å². The number of nitrogens with zero attached hydrogens (tertiary/aromatic N) is 1. The van der Waals surface area contributed by atoms with Crippen molar-refractivity contribution in [1.82, 2.24) is 5.32 Å². The van der Waals surface area contributed by atoms with Gasteiger partial charge in [0.25, 0.3) is 0 Å². The summed E-state index contributed by atoms with van der Waals surface area (Å²) in [4.78, 5) is 12.5. The molecule has 0 aromatic heterocycles. The summed E-state index contributed by atoms with van der Waals surface area (Å²) in [6, 6.07) is 14.1. The maximum atomic E-state index is 12.5. The van der Waals surface area contributed by atoms with E-state index in [0.29, 0.717) is 11.4 Å². The van der Waals surface area contributed by atoms with Gasteiger partial charge in [-0.25, -0.2) is 8.42 Å². The molecule has 140 valence electrons. The fourth-order valence-corrected chi connectivity index (χ4v) is 3.55. The molecule has 0 aliphatic rings. The first-order valence-electron chi connectivity index (χ1n) is 8.19. The minimum absolute atomic E-state index is 0.290. The van der Waals surface area contributed by atoms with Crippen LogP contribution >= 0.6 is 0 Å². The van der Waals surface area contributed by atoms with E-state index in [1.165, 1.54) is 0 Å². The molecular formula is C19H24N2O4S. The number of nitrogens with one attached hydrogen (secondary N) is 1. The van der Waals surface area contributed by atoms with Crippen molar-refractivity contribution < 1.29 is 17.9 Å². The Bertz CT molecular complexity index is 881. The number of methoxy groups -OCH3 is 1. The third-order valence-electron chi connectivity index (χ3n) is 3.96. The SMILES string of the molecule is COc1ccccc1[C@@H](C)NC(=O)CN(c1cccc(C)c1)S(C)(=O)=O. The lowest BCUT2D eigenvalue weighted by Crippen LogP contribution is -2.41. The minimum atomic E-state index is -3.60. The maximum Gasteiger partial charge on any atom is 0.241 e. The number of amides is 1. The van der Waals surface area contributed by atoms with Crippen LogP contribution in [0, 0.1) is 6.92 Å². The molecule has 7 heteroatoms. The normalized spacial score (nSPS) is 12.3. The molecule has 0 bridgehead atoms. The van der Waals surface area contributed by atoms with Crippen LogP contribution in [0.2, 0.25) is 0 Å². The summed E-state index contributed by atoms with van der Waals surface area (Å²) < 4.78 is 30.7. The van der Waals surface area contributed by atoms with Gasteiger partial charge in [-0.05, 0) is 37.6 Å². The zero-order valence-electron chi connectivity index (χ0n) is 15.4. The van der Waals surface area contributed by atoms with E-state index in [-0.39, 0.29) is 12.6 Å². The van der Waals surface area contributed by atoms with Gasteiger partial charge in [0.05, 0.1) is 25.1 Å². The largest absolute Gasteiger partial charge is 0.496 e. The Hall–Kier alpha value is -2.54. The number of rotatable bonds is 7. The first-order valence-corrected chi connectivity index (χ1v) is 10.0. The van der Waals surface area contributed by atoms with Crippen molar-refractivity contribution in [2.45, 2.75) is 19.9 Å². The highest BCUT2D eigenvalue weighted by Crippen LogP contribution is 2.24. The fourth-order valence-electron chi connectivity index (χ4n) is 2.70. The summed E-state index contributed by atoms with van der Waals surface area (Å²) >= 11 is 0. The summed E-state index contributed by atoms with van der Waals surface area (Å²) in [6.07, 6.45) is 1.09. The Morgan fingerprint density at radius 1 is 1.19 bits per heavy atom. The van der Waals surface area contributed by atoms with E-state index in [4.69, 9.17) is 4.74 Å². The average Bonchev–Trinajstić information content (AvgIpc) is 2.58. The van der Waals surface area contributed by atoms with Gasteiger partial charge < -0.3 is 10.1 Å². The quantitative estimate of drug-likeness (QED) is 0.806. The highest BCUT2D eigenvalue weighted by Gasteiger charge is 2.22. The molecule has 26 heavy (non-hydrogen) atoms. The molecule has 0 saturated carbocycles. The Labute approximate surface area is 154 Å². The van der Waals surface area contributed by atoms with Crippen LogP contribution in [0.4, 0.5) is 5.69 Å². The fraction of sp³-hybridized carbons (Fsp3) is 0.316. The Morgan fingerprint density at radius 2 is 1.88 bits per heavy atom. The monoisotopic (exact) mass is 376 g/mol. The summed E-state index contributed by atoms with van der Waals surface area (Å²) in [6.45, 7) is 3.41. The highest BCUT2D eigenvalue weighted by molar-refractivity contribution is 7.92. The third-order valence-corrected chi connectivity index (χ3v) is 5.10. The second-order valence-electron chi connectivity index (χ2n) is 6.14. The van der Waals surface area contributed by atoms with Crippen molar-refractivity contribution in [2.24, 2.45) is 0 Å². The van der Waals surface area contributed by atoms with Crippen LogP contribution < -0.4 is 14.4 Å². The summed E-state index contributed by atoms with van der Waals surface area (Å²) in [5.74, 6) is 0.272. The molecule has 6 nitrogen and oxygen atoms in total. The Morgan fingerprint density at radius 3 is 2.50 bits per heavy atom. The lowest BCUT2D eigenvalue weighted by molar-refractivity contribution is -0.120. The van der Waals surface area contributed by atoms with E-state index in [1.54, 1.807) is 25.3 Å². The number of hydrogen-bond acceptors (Lipinski definition) is 4. The van der Waals surface area contributed by atoms with Crippen molar-refractivity contribution in [3.8, 4) is 5.75 Å². The summed E-state index contributed by atoms with van der Waals surface area (Å²) in [7, 11) is -2.03. The second kappa shape index (κ2) is 8.23. The molecule has 0 spiro atoms. The molecule has 0 aliphatic heterocycles. The van der Waals surface area contributed by atoms with Gasteiger partial charge >= 0.3 is 0 Å². The van der Waals surface area contributed by atoms with E-state index in [2.05, 4.69) is 5.32 Å². The van der Waals surface area contributed by atoms with Gasteiger partial charge in [0.15, 0.2) is 0 Å². The zero-order chi connectivity index (χ0) is 19.3. The molecule has 1 N–H and O–H groups in total. The zero-order valence-corrected chi connectivity index (χ0v) is 16.2. The van der Waals surface area contributed by atoms with E-state index in [0.717, 1.165) is 21.7 Å². The van der Waals surface area contributed by atoms with Gasteiger partial charge in [-0.1, -0.05) is 30.3 Å². The van der Waals surface area contributed by atoms with Gasteiger partial charge in [0.2, 0.25) is 15.9 Å². The number of hydrogen-bond donors (Lipinski definition) is 1. The lowest BCUT2D eigenvalue weighted by atomic mass is 10.1. The molecule has 0 radical (unpaired) electrons. The number of carbonyl (C=O) groups is 1. The standard InChI is InChI=1S/C19H24N2O4S/c1-14-8-7-9-16(12-14)21(26(4,23)24)13-19(22)20-15(2)17-10-5-6-11-18(17)25-3/h5-12,15H,13H2,1-4H3,(H,20,22)/t15-/m1/s1. The molecule has 2 aromatic rings. The first-order chi connectivity index (χ1) is 12.2. The summed E-state index contributed by atoms with van der Waals surface area (Å²) in [5.41, 5.74) is 2.20. The van der Waals surface area contributed by atoms with Crippen LogP contribution in [0.1, 0.15) is 24.1 Å². The van der Waals surface area contributed by atoms with E-state index >= 15 is 0 Å². The molecule has 0 aliphatic carbocycles. The number of ether oxygens (including phenoxy) is 1. The predicted octanol–water partition coefficient (Wildman–Crippen LogP) is 2.65. The van der Waals surface area contributed by atoms with Crippen LogP contribution in [-0.2, 0) is 14.8 Å². The van der Waals surface area contributed by atoms with Crippen molar-refractivity contribution in [1.29, 1.82) is 0 Å². The molecule has 0 heterocycles. The number of aryl methyl sites for hydroxylation is 1. The van der Waals surface area contributed by atoms with Crippen molar-refractivity contribution in [2.75, 3.05) is 24.2 Å². The van der Waals surface area contributed by atoms with E-state index in [1.807, 2.05) is 44.2 Å². The Kier molecular flexibility index (Phi) is 6.26. The van der Waals surface area contributed by atoms with Crippen molar-refractivity contribution >= 4 is 21.6 Å². The predicted molar refractivity (Wildman–Crippen MR) is 103 cm³/mol. The Balaban J connectivity index is 2.17. The topological polar surface area (TPSA) is 75.7 Å². The van der Waals surface area contributed by atoms with Gasteiger partial charge in [-0.15, -0.1) is 0 Å².